The standard InChI is InChI=1S/C16H20N4O2/c1-11-6-4-9-15(19-11)20(16(17)18)10-12-13(21-2)7-5-8-14(12)22-3/h4-9H,10H2,1-3H3,(H3,17,18). The Labute approximate surface area is 130 Å². The number of benzene rings is 1. The average molecular weight is 300 g/mol. The van der Waals surface area contributed by atoms with E-state index in [0.29, 0.717) is 23.9 Å². The van der Waals surface area contributed by atoms with Crippen molar-refractivity contribution in [2.24, 2.45) is 5.73 Å². The SMILES string of the molecule is COc1cccc(OC)c1CN(C(=N)N)c1cccc(C)n1. The number of anilines is 1. The molecule has 0 aliphatic carbocycles. The van der Waals surface area contributed by atoms with E-state index in [4.69, 9.17) is 20.6 Å². The summed E-state index contributed by atoms with van der Waals surface area (Å²) >= 11 is 0. The summed E-state index contributed by atoms with van der Waals surface area (Å²) in [6.07, 6.45) is 0. The maximum absolute atomic E-state index is 7.85. The molecule has 6 nitrogen and oxygen atoms in total. The summed E-state index contributed by atoms with van der Waals surface area (Å²) in [6.45, 7) is 2.23. The topological polar surface area (TPSA) is 84.5 Å². The largest absolute Gasteiger partial charge is 0.496 e. The summed E-state index contributed by atoms with van der Waals surface area (Å²) in [5, 5.41) is 7.85. The number of nitrogens with zero attached hydrogens (tertiary/aromatic N) is 2. The van der Waals surface area contributed by atoms with E-state index in [1.807, 2.05) is 43.3 Å². The van der Waals surface area contributed by atoms with E-state index in [1.165, 1.54) is 0 Å². The molecule has 0 amide bonds. The molecule has 1 heterocycles. The minimum absolute atomic E-state index is 0.0916. The van der Waals surface area contributed by atoms with Gasteiger partial charge in [0.05, 0.1) is 26.3 Å². The van der Waals surface area contributed by atoms with Gasteiger partial charge in [-0.25, -0.2) is 4.98 Å². The number of aryl methyl sites for hydroxylation is 1. The van der Waals surface area contributed by atoms with E-state index in [0.717, 1.165) is 11.3 Å². The van der Waals surface area contributed by atoms with Gasteiger partial charge in [-0.3, -0.25) is 10.3 Å². The lowest BCUT2D eigenvalue weighted by Gasteiger charge is -2.24. The monoisotopic (exact) mass is 300 g/mol. The van der Waals surface area contributed by atoms with Gasteiger partial charge in [-0.05, 0) is 31.2 Å². The Morgan fingerprint density at radius 3 is 2.23 bits per heavy atom. The molecule has 0 atom stereocenters. The van der Waals surface area contributed by atoms with Gasteiger partial charge in [0.25, 0.3) is 0 Å². The number of pyridine rings is 1. The van der Waals surface area contributed by atoms with Crippen LogP contribution in [0, 0.1) is 12.3 Å². The van der Waals surface area contributed by atoms with Crippen LogP contribution >= 0.6 is 0 Å². The zero-order valence-corrected chi connectivity index (χ0v) is 13.0. The van der Waals surface area contributed by atoms with Crippen molar-refractivity contribution in [3.8, 4) is 11.5 Å². The number of nitrogens with one attached hydrogen (secondary N) is 1. The Morgan fingerprint density at radius 2 is 1.73 bits per heavy atom. The Bertz CT molecular complexity index is 651. The van der Waals surface area contributed by atoms with E-state index in [9.17, 15) is 0 Å². The van der Waals surface area contributed by atoms with Gasteiger partial charge < -0.3 is 15.2 Å². The fourth-order valence-corrected chi connectivity index (χ4v) is 2.21. The van der Waals surface area contributed by atoms with E-state index < -0.39 is 0 Å². The molecule has 0 aliphatic rings. The van der Waals surface area contributed by atoms with Gasteiger partial charge in [-0.2, -0.15) is 0 Å². The zero-order chi connectivity index (χ0) is 16.1. The van der Waals surface area contributed by atoms with Crippen molar-refractivity contribution < 1.29 is 9.47 Å². The predicted molar refractivity (Wildman–Crippen MR) is 86.6 cm³/mol. The second-order valence-electron chi connectivity index (χ2n) is 4.75. The molecule has 3 N–H and O–H groups in total. The summed E-state index contributed by atoms with van der Waals surface area (Å²) in [4.78, 5) is 6.03. The second kappa shape index (κ2) is 6.80. The third-order valence-electron chi connectivity index (χ3n) is 3.29. The molecule has 0 saturated carbocycles. The Hall–Kier alpha value is -2.76. The molecular formula is C16H20N4O2. The maximum atomic E-state index is 7.85. The number of aromatic nitrogens is 1. The smallest absolute Gasteiger partial charge is 0.194 e. The molecule has 0 unspecified atom stereocenters. The van der Waals surface area contributed by atoms with Crippen LogP contribution in [-0.4, -0.2) is 25.2 Å². The van der Waals surface area contributed by atoms with Crippen LogP contribution in [0.1, 0.15) is 11.3 Å². The maximum Gasteiger partial charge on any atom is 0.194 e. The molecule has 0 spiro atoms. The lowest BCUT2D eigenvalue weighted by molar-refractivity contribution is 0.385. The van der Waals surface area contributed by atoms with E-state index in [2.05, 4.69) is 4.98 Å². The summed E-state index contributed by atoms with van der Waals surface area (Å²) in [5.74, 6) is 1.88. The number of guanidine groups is 1. The van der Waals surface area contributed by atoms with Crippen LogP contribution in [0.15, 0.2) is 36.4 Å². The van der Waals surface area contributed by atoms with Crippen LogP contribution in [0.2, 0.25) is 0 Å². The number of hydrogen-bond donors (Lipinski definition) is 2. The molecule has 0 bridgehead atoms. The molecule has 116 valence electrons. The average Bonchev–Trinajstić information content (AvgIpc) is 2.51. The summed E-state index contributed by atoms with van der Waals surface area (Å²) in [6, 6.07) is 11.1. The summed E-state index contributed by atoms with van der Waals surface area (Å²) in [5.41, 5.74) is 7.41. The van der Waals surface area contributed by atoms with Crippen LogP contribution in [0.25, 0.3) is 0 Å². The van der Waals surface area contributed by atoms with E-state index >= 15 is 0 Å². The molecule has 0 aliphatic heterocycles. The fourth-order valence-electron chi connectivity index (χ4n) is 2.21. The van der Waals surface area contributed by atoms with Gasteiger partial charge in [-0.1, -0.05) is 12.1 Å². The van der Waals surface area contributed by atoms with E-state index in [-0.39, 0.29) is 5.96 Å². The molecule has 22 heavy (non-hydrogen) atoms. The van der Waals surface area contributed by atoms with Gasteiger partial charge in [0.15, 0.2) is 5.96 Å². The van der Waals surface area contributed by atoms with Crippen molar-refractivity contribution >= 4 is 11.8 Å². The van der Waals surface area contributed by atoms with Crippen molar-refractivity contribution in [1.29, 1.82) is 5.41 Å². The lowest BCUT2D eigenvalue weighted by atomic mass is 10.1. The first-order valence-electron chi connectivity index (χ1n) is 6.82. The van der Waals surface area contributed by atoms with Crippen LogP contribution in [-0.2, 0) is 6.54 Å². The molecule has 0 radical (unpaired) electrons. The molecule has 1 aromatic heterocycles. The third kappa shape index (κ3) is 3.28. The quantitative estimate of drug-likeness (QED) is 0.654. The Kier molecular flexibility index (Phi) is 4.83. The van der Waals surface area contributed by atoms with Gasteiger partial charge in [0.2, 0.25) is 0 Å². The molecule has 6 heteroatoms. The highest BCUT2D eigenvalue weighted by atomic mass is 16.5. The van der Waals surface area contributed by atoms with Crippen molar-refractivity contribution in [2.75, 3.05) is 19.1 Å². The number of ether oxygens (including phenoxy) is 2. The first kappa shape index (κ1) is 15.6. The number of hydrogen-bond acceptors (Lipinski definition) is 4. The minimum Gasteiger partial charge on any atom is -0.496 e. The normalized spacial score (nSPS) is 10.1. The zero-order valence-electron chi connectivity index (χ0n) is 13.0. The van der Waals surface area contributed by atoms with E-state index in [1.54, 1.807) is 19.1 Å². The molecule has 0 fully saturated rings. The number of rotatable bonds is 5. The molecule has 2 aromatic rings. The highest BCUT2D eigenvalue weighted by Crippen LogP contribution is 2.30. The van der Waals surface area contributed by atoms with Gasteiger partial charge >= 0.3 is 0 Å². The third-order valence-corrected chi connectivity index (χ3v) is 3.29. The Morgan fingerprint density at radius 1 is 1.14 bits per heavy atom. The van der Waals surface area contributed by atoms with Crippen molar-refractivity contribution in [2.45, 2.75) is 13.5 Å². The second-order valence-corrected chi connectivity index (χ2v) is 4.75. The fraction of sp³-hybridized carbons (Fsp3) is 0.250. The molecule has 2 rings (SSSR count). The highest BCUT2D eigenvalue weighted by molar-refractivity contribution is 5.91. The van der Waals surface area contributed by atoms with Crippen LogP contribution < -0.4 is 20.1 Å². The highest BCUT2D eigenvalue weighted by Gasteiger charge is 2.18. The minimum atomic E-state index is -0.0916. The summed E-state index contributed by atoms with van der Waals surface area (Å²) < 4.78 is 10.8. The molecular weight excluding hydrogens is 280 g/mol. The lowest BCUT2D eigenvalue weighted by Crippen LogP contribution is -2.36. The van der Waals surface area contributed by atoms with Crippen LogP contribution in [0.4, 0.5) is 5.82 Å². The van der Waals surface area contributed by atoms with Crippen LogP contribution in [0.5, 0.6) is 11.5 Å². The number of methoxy groups -OCH3 is 2. The van der Waals surface area contributed by atoms with Crippen LogP contribution in [0.3, 0.4) is 0 Å². The van der Waals surface area contributed by atoms with Gasteiger partial charge in [-0.15, -0.1) is 0 Å². The molecule has 0 saturated heterocycles. The first-order chi connectivity index (χ1) is 10.6. The summed E-state index contributed by atoms with van der Waals surface area (Å²) in [7, 11) is 3.20. The first-order valence-corrected chi connectivity index (χ1v) is 6.82. The molecule has 1 aromatic carbocycles. The number of nitrogens with two attached hydrogens (primary N) is 1. The predicted octanol–water partition coefficient (Wildman–Crippen LogP) is 2.31. The van der Waals surface area contributed by atoms with Crippen molar-refractivity contribution in [3.63, 3.8) is 0 Å². The van der Waals surface area contributed by atoms with Crippen molar-refractivity contribution in [3.05, 3.63) is 47.7 Å². The van der Waals surface area contributed by atoms with Gasteiger partial charge in [0, 0.05) is 5.69 Å². The van der Waals surface area contributed by atoms with Crippen molar-refractivity contribution in [1.82, 2.24) is 4.98 Å². The van der Waals surface area contributed by atoms with Gasteiger partial charge in [0.1, 0.15) is 17.3 Å². The Balaban J connectivity index is 2.43.